The largest absolute Gasteiger partial charge is 0.396 e. The maximum absolute atomic E-state index is 11.9. The maximum atomic E-state index is 11.9. The first-order chi connectivity index (χ1) is 7.65. The predicted octanol–water partition coefficient (Wildman–Crippen LogP) is 3.14. The van der Waals surface area contributed by atoms with E-state index in [1.54, 1.807) is 11.8 Å². The van der Waals surface area contributed by atoms with E-state index in [1.807, 2.05) is 31.2 Å². The molecule has 0 amide bonds. The van der Waals surface area contributed by atoms with E-state index in [9.17, 15) is 4.79 Å². The van der Waals surface area contributed by atoms with E-state index in [-0.39, 0.29) is 12.4 Å². The number of carbonyl (C=O) groups excluding carboxylic acids is 1. The van der Waals surface area contributed by atoms with Crippen LogP contribution in [0, 0.1) is 0 Å². The summed E-state index contributed by atoms with van der Waals surface area (Å²) in [7, 11) is 0. The van der Waals surface area contributed by atoms with Gasteiger partial charge in [-0.25, -0.2) is 0 Å². The molecule has 0 heterocycles. The van der Waals surface area contributed by atoms with E-state index in [0.29, 0.717) is 11.0 Å². The van der Waals surface area contributed by atoms with Gasteiger partial charge in [0.2, 0.25) is 0 Å². The monoisotopic (exact) mass is 302 g/mol. The van der Waals surface area contributed by atoms with E-state index in [4.69, 9.17) is 5.11 Å². The summed E-state index contributed by atoms with van der Waals surface area (Å²) in [4.78, 5) is 11.9. The normalized spacial score (nSPS) is 12.4. The van der Waals surface area contributed by atoms with Crippen molar-refractivity contribution < 1.29 is 9.90 Å². The number of Topliss-reactive ketones (excluding diaryl/α,β-unsaturated/α-hetero) is 1. The van der Waals surface area contributed by atoms with E-state index in [2.05, 4.69) is 15.9 Å². The fraction of sp³-hybridized carbons (Fsp3) is 0.417. The van der Waals surface area contributed by atoms with E-state index in [0.717, 1.165) is 16.5 Å². The summed E-state index contributed by atoms with van der Waals surface area (Å²) in [5.41, 5.74) is 0.728. The zero-order chi connectivity index (χ0) is 12.0. The van der Waals surface area contributed by atoms with Crippen LogP contribution >= 0.6 is 27.7 Å². The molecule has 0 aliphatic heterocycles. The molecule has 0 aliphatic rings. The van der Waals surface area contributed by atoms with Crippen LogP contribution in [0.25, 0.3) is 0 Å². The highest BCUT2D eigenvalue weighted by Crippen LogP contribution is 2.20. The molecule has 2 nitrogen and oxygen atoms in total. The van der Waals surface area contributed by atoms with Crippen LogP contribution in [0.4, 0.5) is 0 Å². The van der Waals surface area contributed by atoms with Crippen LogP contribution in [0.3, 0.4) is 0 Å². The number of ketones is 1. The Morgan fingerprint density at radius 1 is 1.50 bits per heavy atom. The molecule has 1 aromatic rings. The Labute approximate surface area is 109 Å². The lowest BCUT2D eigenvalue weighted by molar-refractivity contribution is 0.102. The fourth-order valence-electron chi connectivity index (χ4n) is 1.25. The Morgan fingerprint density at radius 2 is 2.19 bits per heavy atom. The predicted molar refractivity (Wildman–Crippen MR) is 72.1 cm³/mol. The summed E-state index contributed by atoms with van der Waals surface area (Å²) in [6.07, 6.45) is 0.730. The number of carbonyl (C=O) groups is 1. The van der Waals surface area contributed by atoms with Gasteiger partial charge in [-0.3, -0.25) is 4.79 Å². The van der Waals surface area contributed by atoms with Gasteiger partial charge in [0.15, 0.2) is 5.78 Å². The van der Waals surface area contributed by atoms with Crippen LogP contribution in [0.2, 0.25) is 0 Å². The minimum atomic E-state index is 0.127. The van der Waals surface area contributed by atoms with Crippen molar-refractivity contribution in [3.63, 3.8) is 0 Å². The SMILES string of the molecule is CC(CCO)SCC(=O)c1ccccc1Br. The molecule has 0 aromatic heterocycles. The molecule has 0 radical (unpaired) electrons. The highest BCUT2D eigenvalue weighted by atomic mass is 79.9. The molecule has 1 unspecified atom stereocenters. The Balaban J connectivity index is 2.50. The zero-order valence-corrected chi connectivity index (χ0v) is 11.6. The Hall–Kier alpha value is -0.320. The molecule has 88 valence electrons. The second-order valence-electron chi connectivity index (χ2n) is 3.54. The summed E-state index contributed by atoms with van der Waals surface area (Å²) in [6, 6.07) is 7.45. The third kappa shape index (κ3) is 4.28. The van der Waals surface area contributed by atoms with Gasteiger partial charge in [0.1, 0.15) is 0 Å². The summed E-state index contributed by atoms with van der Waals surface area (Å²) in [6.45, 7) is 2.20. The first-order valence-electron chi connectivity index (χ1n) is 5.15. The summed E-state index contributed by atoms with van der Waals surface area (Å²) >= 11 is 4.95. The molecular weight excluding hydrogens is 288 g/mol. The number of aliphatic hydroxyl groups excluding tert-OH is 1. The lowest BCUT2D eigenvalue weighted by Crippen LogP contribution is -2.08. The van der Waals surface area contributed by atoms with Gasteiger partial charge in [-0.2, -0.15) is 11.8 Å². The van der Waals surface area contributed by atoms with Gasteiger partial charge in [0.25, 0.3) is 0 Å². The van der Waals surface area contributed by atoms with E-state index in [1.165, 1.54) is 0 Å². The standard InChI is InChI=1S/C12H15BrO2S/c1-9(6-7-14)16-8-12(15)10-4-2-3-5-11(10)13/h2-5,9,14H,6-8H2,1H3. The Morgan fingerprint density at radius 3 is 2.81 bits per heavy atom. The minimum Gasteiger partial charge on any atom is -0.396 e. The number of rotatable bonds is 6. The first kappa shape index (κ1) is 13.7. The molecule has 16 heavy (non-hydrogen) atoms. The van der Waals surface area contributed by atoms with Gasteiger partial charge in [-0.1, -0.05) is 41.1 Å². The van der Waals surface area contributed by atoms with Crippen molar-refractivity contribution in [2.75, 3.05) is 12.4 Å². The topological polar surface area (TPSA) is 37.3 Å². The lowest BCUT2D eigenvalue weighted by atomic mass is 10.1. The number of halogens is 1. The van der Waals surface area contributed by atoms with Crippen molar-refractivity contribution in [3.05, 3.63) is 34.3 Å². The number of aliphatic hydroxyl groups is 1. The van der Waals surface area contributed by atoms with Gasteiger partial charge in [-0.15, -0.1) is 0 Å². The molecule has 0 aliphatic carbocycles. The lowest BCUT2D eigenvalue weighted by Gasteiger charge is -2.09. The smallest absolute Gasteiger partial charge is 0.173 e. The van der Waals surface area contributed by atoms with Crippen molar-refractivity contribution in [3.8, 4) is 0 Å². The van der Waals surface area contributed by atoms with Gasteiger partial charge >= 0.3 is 0 Å². The van der Waals surface area contributed by atoms with Crippen LogP contribution < -0.4 is 0 Å². The number of benzene rings is 1. The van der Waals surface area contributed by atoms with Crippen molar-refractivity contribution in [2.45, 2.75) is 18.6 Å². The highest BCUT2D eigenvalue weighted by molar-refractivity contribution is 9.10. The highest BCUT2D eigenvalue weighted by Gasteiger charge is 2.11. The van der Waals surface area contributed by atoms with Crippen molar-refractivity contribution in [1.82, 2.24) is 0 Å². The summed E-state index contributed by atoms with van der Waals surface area (Å²) in [5, 5.41) is 9.07. The third-order valence-corrected chi connectivity index (χ3v) is 4.13. The van der Waals surface area contributed by atoms with Crippen LogP contribution in [-0.2, 0) is 0 Å². The molecule has 1 aromatic carbocycles. The fourth-order valence-corrected chi connectivity index (χ4v) is 2.62. The molecule has 1 rings (SSSR count). The van der Waals surface area contributed by atoms with Crippen LogP contribution in [0.1, 0.15) is 23.7 Å². The summed E-state index contributed by atoms with van der Waals surface area (Å²) in [5.74, 6) is 0.589. The minimum absolute atomic E-state index is 0.127. The van der Waals surface area contributed by atoms with Gasteiger partial charge in [0.05, 0.1) is 5.75 Å². The van der Waals surface area contributed by atoms with Gasteiger partial charge in [-0.05, 0) is 12.5 Å². The molecule has 0 bridgehead atoms. The van der Waals surface area contributed by atoms with E-state index < -0.39 is 0 Å². The van der Waals surface area contributed by atoms with Gasteiger partial charge < -0.3 is 5.11 Å². The molecule has 0 saturated carbocycles. The van der Waals surface area contributed by atoms with Crippen molar-refractivity contribution in [1.29, 1.82) is 0 Å². The molecule has 0 spiro atoms. The Bertz CT molecular complexity index is 355. The van der Waals surface area contributed by atoms with Crippen molar-refractivity contribution >= 4 is 33.5 Å². The number of hydrogen-bond acceptors (Lipinski definition) is 3. The van der Waals surface area contributed by atoms with E-state index >= 15 is 0 Å². The van der Waals surface area contributed by atoms with Gasteiger partial charge in [0, 0.05) is 21.9 Å². The van der Waals surface area contributed by atoms with Crippen LogP contribution in [0.15, 0.2) is 28.7 Å². The van der Waals surface area contributed by atoms with Crippen LogP contribution in [-0.4, -0.2) is 28.5 Å². The third-order valence-electron chi connectivity index (χ3n) is 2.21. The van der Waals surface area contributed by atoms with Crippen molar-refractivity contribution in [2.24, 2.45) is 0 Å². The molecule has 4 heteroatoms. The number of thioether (sulfide) groups is 1. The molecule has 1 N–H and O–H groups in total. The number of hydrogen-bond donors (Lipinski definition) is 1. The first-order valence-corrected chi connectivity index (χ1v) is 6.99. The maximum Gasteiger partial charge on any atom is 0.173 e. The Kier molecular flexibility index (Phi) is 6.09. The molecule has 0 saturated heterocycles. The average Bonchev–Trinajstić information content (AvgIpc) is 2.27. The quantitative estimate of drug-likeness (QED) is 0.820. The van der Waals surface area contributed by atoms with Crippen LogP contribution in [0.5, 0.6) is 0 Å². The molecular formula is C12H15BrO2S. The zero-order valence-electron chi connectivity index (χ0n) is 9.15. The molecule has 0 fully saturated rings. The second kappa shape index (κ2) is 7.09. The molecule has 1 atom stereocenters. The average molecular weight is 303 g/mol. The summed E-state index contributed by atoms with van der Waals surface area (Å²) < 4.78 is 0.843. The second-order valence-corrected chi connectivity index (χ2v) is 5.82.